The number of carbonyl (C=O) groups excluding carboxylic acids is 3. The van der Waals surface area contributed by atoms with Crippen molar-refractivity contribution in [3.63, 3.8) is 0 Å². The molecule has 5 rings (SSSR count). The summed E-state index contributed by atoms with van der Waals surface area (Å²) >= 11 is 1.65. The van der Waals surface area contributed by atoms with Crippen LogP contribution in [0.25, 0.3) is 0 Å². The normalized spacial score (nSPS) is 17.3. The third-order valence-electron chi connectivity index (χ3n) is 8.63. The number of nitro groups is 2. The van der Waals surface area contributed by atoms with Gasteiger partial charge in [0.2, 0.25) is 5.91 Å². The van der Waals surface area contributed by atoms with E-state index in [-0.39, 0.29) is 53.9 Å². The molecule has 3 aromatic carbocycles. The number of hydrogen-bond acceptors (Lipinski definition) is 12. The van der Waals surface area contributed by atoms with E-state index in [1.165, 1.54) is 53.4 Å². The zero-order chi connectivity index (χ0) is 37.2. The van der Waals surface area contributed by atoms with E-state index in [4.69, 9.17) is 19.9 Å². The van der Waals surface area contributed by atoms with Gasteiger partial charge in [-0.15, -0.1) is 0 Å². The van der Waals surface area contributed by atoms with Gasteiger partial charge >= 0.3 is 12.1 Å². The molecule has 2 atom stereocenters. The molecule has 2 fully saturated rings. The summed E-state index contributed by atoms with van der Waals surface area (Å²) in [6.45, 7) is 1.27. The largest absolute Gasteiger partial charge is 0.497 e. The lowest BCUT2D eigenvalue weighted by molar-refractivity contribution is -0.385. The van der Waals surface area contributed by atoms with Gasteiger partial charge < -0.3 is 24.8 Å². The highest BCUT2D eigenvalue weighted by atomic mass is 32.2. The Kier molecular flexibility index (Phi) is 12.6. The molecule has 0 unspecified atom stereocenters. The van der Waals surface area contributed by atoms with Crippen LogP contribution in [0.15, 0.2) is 77.8 Å². The number of amidine groups is 1. The Hall–Kier alpha value is -5.71. The van der Waals surface area contributed by atoms with Crippen LogP contribution in [-0.2, 0) is 38.0 Å². The van der Waals surface area contributed by atoms with E-state index in [2.05, 4.69) is 4.99 Å². The summed E-state index contributed by atoms with van der Waals surface area (Å²) in [5, 5.41) is 21.7. The van der Waals surface area contributed by atoms with Gasteiger partial charge in [0.05, 0.1) is 17.0 Å². The van der Waals surface area contributed by atoms with Crippen LogP contribution in [-0.4, -0.2) is 88.0 Å². The van der Waals surface area contributed by atoms with Crippen molar-refractivity contribution in [2.24, 2.45) is 16.6 Å². The first-order valence-corrected chi connectivity index (χ1v) is 17.4. The van der Waals surface area contributed by atoms with Gasteiger partial charge in [-0.25, -0.2) is 4.79 Å². The molecule has 0 bridgehead atoms. The van der Waals surface area contributed by atoms with E-state index in [0.717, 1.165) is 11.3 Å². The van der Waals surface area contributed by atoms with Gasteiger partial charge in [-0.05, 0) is 59.5 Å². The number of hydrogen-bond donors (Lipinski definition) is 1. The second-order valence-electron chi connectivity index (χ2n) is 12.4. The van der Waals surface area contributed by atoms with Crippen molar-refractivity contribution in [3.8, 4) is 5.75 Å². The molecule has 0 saturated carbocycles. The molecule has 0 aromatic heterocycles. The summed E-state index contributed by atoms with van der Waals surface area (Å²) in [5.74, 6) is 0.754. The highest BCUT2D eigenvalue weighted by molar-refractivity contribution is 7.99. The van der Waals surface area contributed by atoms with Crippen LogP contribution in [0.1, 0.15) is 29.5 Å². The monoisotopic (exact) mass is 734 g/mol. The average molecular weight is 735 g/mol. The summed E-state index contributed by atoms with van der Waals surface area (Å²) in [4.78, 5) is 67.5. The minimum atomic E-state index is -0.724. The number of nitrogens with zero attached hydrogens (tertiary/aromatic N) is 5. The molecule has 2 heterocycles. The van der Waals surface area contributed by atoms with E-state index in [1.54, 1.807) is 23.8 Å². The lowest BCUT2D eigenvalue weighted by Crippen LogP contribution is -2.57. The Balaban J connectivity index is 1.12. The number of esters is 1. The molecular formula is C35H38N6O10S. The van der Waals surface area contributed by atoms with Gasteiger partial charge in [-0.1, -0.05) is 12.1 Å². The Morgan fingerprint density at radius 2 is 1.40 bits per heavy atom. The highest BCUT2D eigenvalue weighted by Gasteiger charge is 2.44. The first-order valence-electron chi connectivity index (χ1n) is 16.4. The van der Waals surface area contributed by atoms with Crippen molar-refractivity contribution in [2.45, 2.75) is 43.1 Å². The summed E-state index contributed by atoms with van der Waals surface area (Å²) in [7, 11) is 1.60. The Morgan fingerprint density at radius 1 is 0.846 bits per heavy atom. The number of rotatable bonds is 15. The SMILES string of the molecule is COc1ccc(CS[C@H]2C[C@@H](C(=O)N3CC(CN=C(N)CC(=O)OCc4ccc([N+](=O)[O-])cc4)C3)N(C(=O)OCc3ccc([N+](=O)[O-])cc3)C2)cc1. The van der Waals surface area contributed by atoms with E-state index in [1.807, 2.05) is 24.3 Å². The van der Waals surface area contributed by atoms with Crippen LogP contribution in [0.3, 0.4) is 0 Å². The number of likely N-dealkylation sites (tertiary alicyclic amines) is 2. The van der Waals surface area contributed by atoms with Crippen LogP contribution in [0.5, 0.6) is 5.75 Å². The third-order valence-corrected chi connectivity index (χ3v) is 9.94. The zero-order valence-electron chi connectivity index (χ0n) is 28.3. The third kappa shape index (κ3) is 10.2. The first kappa shape index (κ1) is 37.5. The minimum absolute atomic E-state index is 0.0165. The number of amides is 2. The number of benzene rings is 3. The highest BCUT2D eigenvalue weighted by Crippen LogP contribution is 2.33. The predicted octanol–water partition coefficient (Wildman–Crippen LogP) is 4.47. The molecule has 2 N–H and O–H groups in total. The fourth-order valence-electron chi connectivity index (χ4n) is 5.69. The topological polar surface area (TPSA) is 210 Å². The number of carbonyl (C=O) groups is 3. The van der Waals surface area contributed by atoms with Gasteiger partial charge in [0, 0.05) is 67.4 Å². The number of nitro benzene ring substituents is 2. The second-order valence-corrected chi connectivity index (χ2v) is 13.7. The zero-order valence-corrected chi connectivity index (χ0v) is 29.1. The van der Waals surface area contributed by atoms with Crippen LogP contribution < -0.4 is 10.5 Å². The standard InChI is InChI=1S/C35H38N6O10S/c1-49-29-12-6-25(7-13-29)22-52-30-14-31(39(19-30)35(44)51-21-24-4-10-28(11-5-24)41(47)48)34(43)38-17-26(18-38)16-37-32(36)15-33(42)50-20-23-2-8-27(9-3-23)40(45)46/h2-13,26,30-31H,14-22H2,1H3,(H2,36,37)/t30-,31-/m0/s1. The average Bonchev–Trinajstić information content (AvgIpc) is 3.56. The molecule has 2 amide bonds. The van der Waals surface area contributed by atoms with Gasteiger partial charge in [0.15, 0.2) is 0 Å². The maximum Gasteiger partial charge on any atom is 0.410 e. The fourth-order valence-corrected chi connectivity index (χ4v) is 6.89. The van der Waals surface area contributed by atoms with Gasteiger partial charge in [0.25, 0.3) is 11.4 Å². The summed E-state index contributed by atoms with van der Waals surface area (Å²) in [5.41, 5.74) is 8.07. The Morgan fingerprint density at radius 3 is 1.96 bits per heavy atom. The molecule has 0 aliphatic carbocycles. The lowest BCUT2D eigenvalue weighted by Gasteiger charge is -2.41. The number of aliphatic imine (C=N–C) groups is 1. The van der Waals surface area contributed by atoms with E-state index in [0.29, 0.717) is 49.5 Å². The number of non-ortho nitro benzene ring substituents is 2. The molecule has 3 aromatic rings. The molecule has 2 aliphatic heterocycles. The molecule has 17 heteroatoms. The number of thioether (sulfide) groups is 1. The van der Waals surface area contributed by atoms with Gasteiger partial charge in [-0.2, -0.15) is 11.8 Å². The van der Waals surface area contributed by atoms with Crippen molar-refractivity contribution in [2.75, 3.05) is 33.3 Å². The van der Waals surface area contributed by atoms with E-state index < -0.39 is 28.0 Å². The number of methoxy groups -OCH3 is 1. The maximum atomic E-state index is 13.7. The van der Waals surface area contributed by atoms with E-state index >= 15 is 0 Å². The van der Waals surface area contributed by atoms with Crippen LogP contribution in [0.4, 0.5) is 16.2 Å². The maximum absolute atomic E-state index is 13.7. The Bertz CT molecular complexity index is 1780. The molecule has 16 nitrogen and oxygen atoms in total. The van der Waals surface area contributed by atoms with Crippen molar-refractivity contribution >= 4 is 46.9 Å². The molecule has 274 valence electrons. The molecule has 52 heavy (non-hydrogen) atoms. The van der Waals surface area contributed by atoms with Crippen molar-refractivity contribution in [1.82, 2.24) is 9.80 Å². The van der Waals surface area contributed by atoms with Crippen molar-refractivity contribution < 1.29 is 38.4 Å². The number of nitrogens with two attached hydrogens (primary N) is 1. The second kappa shape index (κ2) is 17.5. The van der Waals surface area contributed by atoms with Crippen LogP contribution in [0.2, 0.25) is 0 Å². The Labute approximate surface area is 303 Å². The van der Waals surface area contributed by atoms with Crippen LogP contribution >= 0.6 is 11.8 Å². The van der Waals surface area contributed by atoms with Gasteiger partial charge in [-0.3, -0.25) is 39.7 Å². The first-order chi connectivity index (χ1) is 25.0. The lowest BCUT2D eigenvalue weighted by atomic mass is 9.98. The molecular weight excluding hydrogens is 696 g/mol. The molecule has 2 saturated heterocycles. The summed E-state index contributed by atoms with van der Waals surface area (Å²) in [6, 6.07) is 18.4. The number of ether oxygens (including phenoxy) is 3. The molecule has 0 radical (unpaired) electrons. The summed E-state index contributed by atoms with van der Waals surface area (Å²) < 4.78 is 16.0. The smallest absolute Gasteiger partial charge is 0.410 e. The fraction of sp³-hybridized carbons (Fsp3) is 0.371. The summed E-state index contributed by atoms with van der Waals surface area (Å²) in [6.07, 6.45) is -0.420. The minimum Gasteiger partial charge on any atom is -0.497 e. The molecule has 2 aliphatic rings. The van der Waals surface area contributed by atoms with Crippen molar-refractivity contribution in [3.05, 3.63) is 110 Å². The van der Waals surface area contributed by atoms with Crippen LogP contribution in [0, 0.1) is 26.1 Å². The van der Waals surface area contributed by atoms with E-state index in [9.17, 15) is 34.6 Å². The molecule has 0 spiro atoms. The predicted molar refractivity (Wildman–Crippen MR) is 191 cm³/mol. The van der Waals surface area contributed by atoms with Gasteiger partial charge in [0.1, 0.15) is 37.3 Å². The quantitative estimate of drug-likeness (QED) is 0.0754. The van der Waals surface area contributed by atoms with Crippen molar-refractivity contribution in [1.29, 1.82) is 0 Å².